The second-order valence-electron chi connectivity index (χ2n) is 11.7. The molecule has 0 bridgehead atoms. The first kappa shape index (κ1) is 40.6. The van der Waals surface area contributed by atoms with Crippen LogP contribution in [0.25, 0.3) is 0 Å². The molecule has 2 heterocycles. The Labute approximate surface area is 321 Å². The number of esters is 1. The van der Waals surface area contributed by atoms with Crippen molar-refractivity contribution in [1.82, 2.24) is 20.6 Å². The number of amides is 2. The number of methoxy groups -OCH3 is 1. The summed E-state index contributed by atoms with van der Waals surface area (Å²) in [5, 5.41) is 14.1. The first-order chi connectivity index (χ1) is 27.4. The van der Waals surface area contributed by atoms with Crippen LogP contribution in [0.15, 0.2) is 122 Å². The Balaban J connectivity index is 0.000000218. The summed E-state index contributed by atoms with van der Waals surface area (Å²) in [5.74, 6) is -4.84. The van der Waals surface area contributed by atoms with Gasteiger partial charge in [-0.1, -0.05) is 24.3 Å². The average molecular weight is 783 g/mol. The lowest BCUT2D eigenvalue weighted by Gasteiger charge is -2.11. The van der Waals surface area contributed by atoms with Gasteiger partial charge in [-0.05, 0) is 96.1 Å². The Morgan fingerprint density at radius 3 is 1.32 bits per heavy atom. The largest absolute Gasteiger partial charge is 0.478 e. The number of aromatic carboxylic acids is 1. The standard InChI is InChI=1S/C21H16F2N2O4.C20H14F2N2O4/c1-28-21(27)14-4-2-13(3-5-14)11-24-19(26)18-10-16(23)12-25-20(18)29-17-8-6-15(22)7-9-17;21-14-5-7-16(8-6-14)28-19-17(9-15(22)11-24-19)18(25)23-10-12-1-3-13(4-2-12)20(26)27/h2-10,12H,11H2,1H3,(H,24,26);1-9,11H,10H2,(H,23,25)(H,26,27). The lowest BCUT2D eigenvalue weighted by Crippen LogP contribution is -2.23. The van der Waals surface area contributed by atoms with Crippen LogP contribution < -0.4 is 20.1 Å². The number of hydrogen-bond acceptors (Lipinski definition) is 9. The van der Waals surface area contributed by atoms with Crippen LogP contribution in [0, 0.1) is 23.3 Å². The van der Waals surface area contributed by atoms with Crippen molar-refractivity contribution in [2.75, 3.05) is 7.11 Å². The zero-order chi connectivity index (χ0) is 40.9. The van der Waals surface area contributed by atoms with E-state index in [-0.39, 0.29) is 53.0 Å². The summed E-state index contributed by atoms with van der Waals surface area (Å²) < 4.78 is 68.8. The van der Waals surface area contributed by atoms with E-state index in [0.29, 0.717) is 11.1 Å². The smallest absolute Gasteiger partial charge is 0.337 e. The summed E-state index contributed by atoms with van der Waals surface area (Å²) in [6.07, 6.45) is 1.82. The fraction of sp³-hybridized carbons (Fsp3) is 0.0732. The summed E-state index contributed by atoms with van der Waals surface area (Å²) in [4.78, 5) is 54.9. The summed E-state index contributed by atoms with van der Waals surface area (Å²) in [7, 11) is 1.29. The van der Waals surface area contributed by atoms with E-state index < -0.39 is 47.0 Å². The number of benzene rings is 4. The minimum absolute atomic E-state index is 0.0885. The molecule has 0 fully saturated rings. The van der Waals surface area contributed by atoms with Crippen LogP contribution in [0.4, 0.5) is 17.6 Å². The second kappa shape index (κ2) is 19.1. The van der Waals surface area contributed by atoms with E-state index in [4.69, 9.17) is 14.6 Å². The molecule has 0 saturated carbocycles. The summed E-state index contributed by atoms with van der Waals surface area (Å²) in [6, 6.07) is 24.6. The molecular formula is C41H30F4N4O8. The van der Waals surface area contributed by atoms with Gasteiger partial charge in [0.2, 0.25) is 11.8 Å². The van der Waals surface area contributed by atoms with Gasteiger partial charge in [-0.3, -0.25) is 9.59 Å². The van der Waals surface area contributed by atoms with Crippen molar-refractivity contribution in [2.24, 2.45) is 0 Å². The Bertz CT molecular complexity index is 2360. The number of hydrogen-bond donors (Lipinski definition) is 3. The normalized spacial score (nSPS) is 10.3. The zero-order valence-electron chi connectivity index (χ0n) is 29.7. The van der Waals surface area contributed by atoms with Crippen LogP contribution in [-0.2, 0) is 17.8 Å². The lowest BCUT2D eigenvalue weighted by atomic mass is 10.1. The molecule has 0 radical (unpaired) electrons. The van der Waals surface area contributed by atoms with Crippen LogP contribution in [-0.4, -0.2) is 45.9 Å². The van der Waals surface area contributed by atoms with Crippen molar-refractivity contribution in [3.05, 3.63) is 178 Å². The molecule has 6 aromatic rings. The molecule has 0 aliphatic heterocycles. The first-order valence-electron chi connectivity index (χ1n) is 16.6. The minimum atomic E-state index is -1.05. The number of carbonyl (C=O) groups is 4. The third-order valence-electron chi connectivity index (χ3n) is 7.66. The first-order valence-corrected chi connectivity index (χ1v) is 16.6. The topological polar surface area (TPSA) is 166 Å². The molecule has 0 atom stereocenters. The van der Waals surface area contributed by atoms with Gasteiger partial charge in [0.1, 0.15) is 45.9 Å². The molecule has 57 heavy (non-hydrogen) atoms. The maximum absolute atomic E-state index is 13.6. The number of nitrogens with one attached hydrogen (secondary N) is 2. The van der Waals surface area contributed by atoms with Crippen LogP contribution in [0.3, 0.4) is 0 Å². The number of rotatable bonds is 12. The second-order valence-corrected chi connectivity index (χ2v) is 11.7. The number of carboxylic acid groups (broad SMARTS) is 1. The molecule has 0 aliphatic carbocycles. The Kier molecular flexibility index (Phi) is 13.6. The van der Waals surface area contributed by atoms with Crippen molar-refractivity contribution in [3.8, 4) is 23.3 Å². The fourth-order valence-corrected chi connectivity index (χ4v) is 4.77. The third kappa shape index (κ3) is 11.7. The molecule has 4 aromatic carbocycles. The SMILES string of the molecule is COC(=O)c1ccc(CNC(=O)c2cc(F)cnc2Oc2ccc(F)cc2)cc1.O=C(O)c1ccc(CNC(=O)c2cc(F)cnc2Oc2ccc(F)cc2)cc1. The molecule has 2 aromatic heterocycles. The Hall–Kier alpha value is -7.62. The molecule has 290 valence electrons. The molecule has 12 nitrogen and oxygen atoms in total. The molecule has 0 aliphatic rings. The minimum Gasteiger partial charge on any atom is -0.478 e. The van der Waals surface area contributed by atoms with Gasteiger partial charge in [0.05, 0.1) is 30.6 Å². The van der Waals surface area contributed by atoms with Crippen LogP contribution in [0.5, 0.6) is 23.3 Å². The van der Waals surface area contributed by atoms with E-state index in [9.17, 15) is 36.7 Å². The van der Waals surface area contributed by atoms with E-state index in [1.54, 1.807) is 36.4 Å². The maximum atomic E-state index is 13.6. The van der Waals surface area contributed by atoms with Crippen molar-refractivity contribution in [1.29, 1.82) is 0 Å². The number of aromatic nitrogens is 2. The predicted octanol–water partition coefficient (Wildman–Crippen LogP) is 7.65. The maximum Gasteiger partial charge on any atom is 0.337 e. The lowest BCUT2D eigenvalue weighted by molar-refractivity contribution is 0.0599. The van der Waals surface area contributed by atoms with Crippen molar-refractivity contribution in [3.63, 3.8) is 0 Å². The summed E-state index contributed by atoms with van der Waals surface area (Å²) in [6.45, 7) is 0.220. The molecule has 0 saturated heterocycles. The van der Waals surface area contributed by atoms with Gasteiger partial charge < -0.3 is 30.0 Å². The van der Waals surface area contributed by atoms with Crippen LogP contribution in [0.1, 0.15) is 52.6 Å². The van der Waals surface area contributed by atoms with E-state index in [1.165, 1.54) is 67.8 Å². The summed E-state index contributed by atoms with van der Waals surface area (Å²) in [5.41, 5.74) is 1.64. The molecule has 0 unspecified atom stereocenters. The van der Waals surface area contributed by atoms with Crippen molar-refractivity contribution >= 4 is 23.8 Å². The Morgan fingerprint density at radius 2 is 0.947 bits per heavy atom. The van der Waals surface area contributed by atoms with Gasteiger partial charge in [-0.15, -0.1) is 0 Å². The fourth-order valence-electron chi connectivity index (χ4n) is 4.77. The van der Waals surface area contributed by atoms with Gasteiger partial charge in [0.25, 0.3) is 11.8 Å². The number of carboxylic acids is 1. The highest BCUT2D eigenvalue weighted by atomic mass is 19.1. The highest BCUT2D eigenvalue weighted by Gasteiger charge is 2.18. The number of ether oxygens (including phenoxy) is 3. The number of nitrogens with zero attached hydrogens (tertiary/aromatic N) is 2. The third-order valence-corrected chi connectivity index (χ3v) is 7.66. The van der Waals surface area contributed by atoms with Gasteiger partial charge in [-0.2, -0.15) is 0 Å². The Morgan fingerprint density at radius 1 is 0.561 bits per heavy atom. The van der Waals surface area contributed by atoms with Gasteiger partial charge in [0.15, 0.2) is 0 Å². The van der Waals surface area contributed by atoms with Crippen LogP contribution >= 0.6 is 0 Å². The molecule has 3 N–H and O–H groups in total. The molecule has 6 rings (SSSR count). The van der Waals surface area contributed by atoms with E-state index >= 15 is 0 Å². The number of carbonyl (C=O) groups excluding carboxylic acids is 3. The average Bonchev–Trinajstić information content (AvgIpc) is 3.22. The number of pyridine rings is 2. The molecular weight excluding hydrogens is 752 g/mol. The predicted molar refractivity (Wildman–Crippen MR) is 195 cm³/mol. The van der Waals surface area contributed by atoms with Gasteiger partial charge >= 0.3 is 11.9 Å². The summed E-state index contributed by atoms with van der Waals surface area (Å²) >= 11 is 0. The highest BCUT2D eigenvalue weighted by Crippen LogP contribution is 2.25. The molecule has 16 heteroatoms. The monoisotopic (exact) mass is 782 g/mol. The van der Waals surface area contributed by atoms with Gasteiger partial charge in [0, 0.05) is 13.1 Å². The van der Waals surface area contributed by atoms with E-state index in [2.05, 4.69) is 25.3 Å². The van der Waals surface area contributed by atoms with E-state index in [0.717, 1.165) is 30.1 Å². The molecule has 0 spiro atoms. The highest BCUT2D eigenvalue weighted by molar-refractivity contribution is 5.97. The van der Waals surface area contributed by atoms with Gasteiger partial charge in [-0.25, -0.2) is 37.1 Å². The van der Waals surface area contributed by atoms with E-state index in [1.807, 2.05) is 0 Å². The zero-order valence-corrected chi connectivity index (χ0v) is 29.7. The van der Waals surface area contributed by atoms with Crippen molar-refractivity contribution in [2.45, 2.75) is 13.1 Å². The van der Waals surface area contributed by atoms with Crippen molar-refractivity contribution < 1.29 is 56.1 Å². The number of halogens is 4. The molecule has 2 amide bonds. The van der Waals surface area contributed by atoms with Crippen LogP contribution in [0.2, 0.25) is 0 Å². The quantitative estimate of drug-likeness (QED) is 0.0829.